The molecule has 0 aliphatic carbocycles. The molecule has 0 aromatic heterocycles. The zero-order chi connectivity index (χ0) is 13.8. The van der Waals surface area contributed by atoms with Crippen molar-refractivity contribution >= 4 is 3.95 Å². The number of aryl methyl sites for hydroxylation is 1. The molecular formula is C18H29Mo. The summed E-state index contributed by atoms with van der Waals surface area (Å²) < 4.78 is 1.38. The molecule has 0 saturated heterocycles. The summed E-state index contributed by atoms with van der Waals surface area (Å²) in [5.74, 6) is 0. The van der Waals surface area contributed by atoms with Gasteiger partial charge in [0.25, 0.3) is 0 Å². The Hall–Kier alpha value is -0.0917. The van der Waals surface area contributed by atoms with Crippen molar-refractivity contribution in [3.8, 4) is 0 Å². The molecule has 1 rings (SSSR count). The van der Waals surface area contributed by atoms with Crippen molar-refractivity contribution in [2.75, 3.05) is 0 Å². The van der Waals surface area contributed by atoms with Gasteiger partial charge in [-0.3, -0.25) is 0 Å². The second kappa shape index (κ2) is 11.7. The molecule has 0 saturated carbocycles. The van der Waals surface area contributed by atoms with Crippen LogP contribution in [0.15, 0.2) is 24.3 Å². The predicted octanol–water partition coefficient (Wildman–Crippen LogP) is 5.32. The first-order chi connectivity index (χ1) is 9.33. The van der Waals surface area contributed by atoms with Gasteiger partial charge in [0.15, 0.2) is 0 Å². The molecule has 19 heavy (non-hydrogen) atoms. The number of benzene rings is 1. The second-order valence-electron chi connectivity index (χ2n) is 5.58. The van der Waals surface area contributed by atoms with Gasteiger partial charge in [-0.1, -0.05) is 26.2 Å². The maximum atomic E-state index is 2.29. The van der Waals surface area contributed by atoms with E-state index >= 15 is 0 Å². The van der Waals surface area contributed by atoms with Crippen LogP contribution < -0.4 is 3.95 Å². The topological polar surface area (TPSA) is 0 Å². The van der Waals surface area contributed by atoms with E-state index in [1.165, 1.54) is 80.1 Å². The van der Waals surface area contributed by atoms with E-state index in [4.69, 9.17) is 0 Å². The van der Waals surface area contributed by atoms with Gasteiger partial charge in [0.1, 0.15) is 0 Å². The molecule has 1 aromatic carbocycles. The van der Waals surface area contributed by atoms with Crippen LogP contribution in [0, 0.1) is 0 Å². The van der Waals surface area contributed by atoms with E-state index in [2.05, 4.69) is 51.0 Å². The fourth-order valence-electron chi connectivity index (χ4n) is 2.47. The van der Waals surface area contributed by atoms with Crippen LogP contribution in [0.5, 0.6) is 0 Å². The molecule has 0 unspecified atom stereocenters. The van der Waals surface area contributed by atoms with Gasteiger partial charge in [0, 0.05) is 0 Å². The summed E-state index contributed by atoms with van der Waals surface area (Å²) in [6, 6.07) is 9.03. The summed E-state index contributed by atoms with van der Waals surface area (Å²) >= 11 is 2.09. The van der Waals surface area contributed by atoms with Crippen molar-refractivity contribution in [3.63, 3.8) is 0 Å². The Balaban J connectivity index is 1.87. The van der Waals surface area contributed by atoms with Gasteiger partial charge in [-0.05, 0) is 0 Å². The molecular weight excluding hydrogens is 312 g/mol. The Kier molecular flexibility index (Phi) is 10.5. The van der Waals surface area contributed by atoms with Crippen molar-refractivity contribution in [2.24, 2.45) is 0 Å². The standard InChI is InChI=1S/C18H29.Mo/c1-2-3-4-5-6-7-8-9-10-12-15-18-16-13-11-14-17-18;/h13-14,16-17H,2-10,12,15H2,1H3;. The number of rotatable bonds is 11. The first-order valence-corrected chi connectivity index (χ1v) is 9.09. The zero-order valence-corrected chi connectivity index (χ0v) is 14.5. The summed E-state index contributed by atoms with van der Waals surface area (Å²) in [5, 5.41) is 0. The summed E-state index contributed by atoms with van der Waals surface area (Å²) in [4.78, 5) is 0. The second-order valence-corrected chi connectivity index (χ2v) is 6.73. The van der Waals surface area contributed by atoms with E-state index < -0.39 is 0 Å². The van der Waals surface area contributed by atoms with E-state index in [0.717, 1.165) is 0 Å². The van der Waals surface area contributed by atoms with Gasteiger partial charge in [-0.25, -0.2) is 0 Å². The van der Waals surface area contributed by atoms with Crippen molar-refractivity contribution < 1.29 is 19.8 Å². The van der Waals surface area contributed by atoms with Crippen LogP contribution in [-0.2, 0) is 26.2 Å². The first-order valence-electron chi connectivity index (χ1n) is 8.09. The molecule has 0 N–H and O–H groups in total. The predicted molar refractivity (Wildman–Crippen MR) is 81.6 cm³/mol. The average molecular weight is 341 g/mol. The van der Waals surface area contributed by atoms with E-state index in [1.54, 1.807) is 0 Å². The Morgan fingerprint density at radius 3 is 1.68 bits per heavy atom. The van der Waals surface area contributed by atoms with Crippen LogP contribution in [0.1, 0.15) is 76.7 Å². The SMILES string of the molecule is CCCCCCCCCCCCc1cc[c]([Mo])cc1. The van der Waals surface area contributed by atoms with Crippen LogP contribution in [0.4, 0.5) is 0 Å². The minimum atomic E-state index is 1.26. The van der Waals surface area contributed by atoms with Gasteiger partial charge < -0.3 is 0 Å². The third-order valence-corrected chi connectivity index (χ3v) is 4.41. The van der Waals surface area contributed by atoms with Crippen LogP contribution >= 0.6 is 0 Å². The number of hydrogen-bond donors (Lipinski definition) is 0. The molecule has 0 aliphatic rings. The number of hydrogen-bond acceptors (Lipinski definition) is 0. The van der Waals surface area contributed by atoms with Gasteiger partial charge in [-0.2, -0.15) is 0 Å². The third-order valence-electron chi connectivity index (χ3n) is 3.74. The van der Waals surface area contributed by atoms with Crippen molar-refractivity contribution in [2.45, 2.75) is 77.6 Å². The molecule has 107 valence electrons. The molecule has 0 radical (unpaired) electrons. The molecule has 0 nitrogen and oxygen atoms in total. The van der Waals surface area contributed by atoms with Crippen molar-refractivity contribution in [1.82, 2.24) is 0 Å². The Morgan fingerprint density at radius 1 is 0.684 bits per heavy atom. The molecule has 0 spiro atoms. The van der Waals surface area contributed by atoms with Gasteiger partial charge >= 0.3 is 105 Å². The Morgan fingerprint density at radius 2 is 1.16 bits per heavy atom. The van der Waals surface area contributed by atoms with Crippen molar-refractivity contribution in [3.05, 3.63) is 29.8 Å². The fraction of sp³-hybridized carbons (Fsp3) is 0.667. The molecule has 1 aromatic rings. The van der Waals surface area contributed by atoms with Crippen LogP contribution in [0.3, 0.4) is 0 Å². The summed E-state index contributed by atoms with van der Waals surface area (Å²) in [6.45, 7) is 2.29. The molecule has 0 atom stereocenters. The van der Waals surface area contributed by atoms with Crippen LogP contribution in [-0.4, -0.2) is 0 Å². The van der Waals surface area contributed by atoms with Crippen LogP contribution in [0.2, 0.25) is 0 Å². The fourth-order valence-corrected chi connectivity index (χ4v) is 2.81. The normalized spacial score (nSPS) is 10.8. The van der Waals surface area contributed by atoms with E-state index in [1.807, 2.05) is 0 Å². The zero-order valence-electron chi connectivity index (χ0n) is 12.5. The third kappa shape index (κ3) is 9.44. The Labute approximate surface area is 131 Å². The molecule has 0 fully saturated rings. The van der Waals surface area contributed by atoms with E-state index in [-0.39, 0.29) is 0 Å². The Bertz CT molecular complexity index is 302. The summed E-state index contributed by atoms with van der Waals surface area (Å²) in [7, 11) is 0. The van der Waals surface area contributed by atoms with Crippen LogP contribution in [0.25, 0.3) is 0 Å². The molecule has 0 heterocycles. The first kappa shape index (κ1) is 17.0. The molecule has 0 bridgehead atoms. The molecule has 0 amide bonds. The minimum absolute atomic E-state index is 1.26. The van der Waals surface area contributed by atoms with E-state index in [9.17, 15) is 0 Å². The summed E-state index contributed by atoms with van der Waals surface area (Å²) in [5.41, 5.74) is 1.51. The van der Waals surface area contributed by atoms with Gasteiger partial charge in [0.05, 0.1) is 0 Å². The van der Waals surface area contributed by atoms with E-state index in [0.29, 0.717) is 0 Å². The quantitative estimate of drug-likeness (QED) is 0.377. The molecule has 1 heteroatoms. The van der Waals surface area contributed by atoms with Gasteiger partial charge in [-0.15, -0.1) is 0 Å². The summed E-state index contributed by atoms with van der Waals surface area (Å²) in [6.07, 6.45) is 15.5. The maximum absolute atomic E-state index is 2.29. The average Bonchev–Trinajstić information content (AvgIpc) is 2.43. The van der Waals surface area contributed by atoms with Gasteiger partial charge in [0.2, 0.25) is 0 Å². The van der Waals surface area contributed by atoms with Crippen molar-refractivity contribution in [1.29, 1.82) is 0 Å². The number of unbranched alkanes of at least 4 members (excludes halogenated alkanes) is 9. The molecule has 0 aliphatic heterocycles. The monoisotopic (exact) mass is 343 g/mol.